The smallest absolute Gasteiger partial charge is 0.323 e. The van der Waals surface area contributed by atoms with Gasteiger partial charge in [0.15, 0.2) is 15.8 Å². The van der Waals surface area contributed by atoms with Crippen molar-refractivity contribution in [3.63, 3.8) is 0 Å². The average molecular weight is 449 g/mol. The van der Waals surface area contributed by atoms with E-state index < -0.39 is 39.4 Å². The van der Waals surface area contributed by atoms with Crippen molar-refractivity contribution in [2.24, 2.45) is 5.92 Å². The van der Waals surface area contributed by atoms with Crippen LogP contribution in [0.1, 0.15) is 36.2 Å². The number of sulfone groups is 1. The van der Waals surface area contributed by atoms with Gasteiger partial charge in [0.1, 0.15) is 10.6 Å². The first-order chi connectivity index (χ1) is 14.4. The Balaban J connectivity index is 1.96. The van der Waals surface area contributed by atoms with Crippen LogP contribution in [0.15, 0.2) is 41.6 Å². The topological polar surface area (TPSA) is 118 Å². The molecule has 1 aliphatic heterocycles. The van der Waals surface area contributed by atoms with Crippen molar-refractivity contribution in [3.8, 4) is 5.75 Å². The number of cyclic esters (lactones) is 2. The van der Waals surface area contributed by atoms with Crippen molar-refractivity contribution in [3.05, 3.63) is 47.8 Å². The van der Waals surface area contributed by atoms with Crippen LogP contribution < -0.4 is 4.74 Å². The Bertz CT molecular complexity index is 1110. The van der Waals surface area contributed by atoms with Gasteiger partial charge in [-0.1, -0.05) is 6.07 Å². The highest BCUT2D eigenvalue weighted by molar-refractivity contribution is 7.91. The number of esters is 2. The third kappa shape index (κ3) is 4.63. The third-order valence-electron chi connectivity index (χ3n) is 4.80. The first-order valence-electron chi connectivity index (χ1n) is 9.48. The number of rotatable bonds is 6. The molecule has 0 saturated carbocycles. The van der Waals surface area contributed by atoms with Crippen molar-refractivity contribution in [1.29, 1.82) is 0 Å². The van der Waals surface area contributed by atoms with Gasteiger partial charge >= 0.3 is 11.9 Å². The molecule has 0 amide bonds. The standard InChI is InChI=1S/C21H23NO8S/c1-21(2)29-19(24)15(20(25)30-21)10-8-13-7-9-14(18(23)22-11-5-6-12-22)17(16(13)28-3)31(4,26)27/h5-7,9,11-12,15H,8,10H2,1-4H3. The number of benzene rings is 1. The predicted octanol–water partition coefficient (Wildman–Crippen LogP) is 1.97. The molecule has 9 nitrogen and oxygen atoms in total. The van der Waals surface area contributed by atoms with Crippen LogP contribution >= 0.6 is 0 Å². The Kier molecular flexibility index (Phi) is 5.95. The molecule has 1 aliphatic rings. The summed E-state index contributed by atoms with van der Waals surface area (Å²) in [5.74, 6) is -4.41. The van der Waals surface area contributed by atoms with Gasteiger partial charge in [-0.25, -0.2) is 8.42 Å². The number of methoxy groups -OCH3 is 1. The van der Waals surface area contributed by atoms with E-state index in [0.717, 1.165) is 6.26 Å². The van der Waals surface area contributed by atoms with Crippen LogP contribution in [0.25, 0.3) is 0 Å². The summed E-state index contributed by atoms with van der Waals surface area (Å²) in [6.45, 7) is 2.92. The van der Waals surface area contributed by atoms with Crippen LogP contribution in [0.3, 0.4) is 0 Å². The third-order valence-corrected chi connectivity index (χ3v) is 5.95. The predicted molar refractivity (Wildman–Crippen MR) is 108 cm³/mol. The number of carbonyl (C=O) groups excluding carboxylic acids is 3. The molecule has 1 fully saturated rings. The SMILES string of the molecule is COc1c(CCC2C(=O)OC(C)(C)OC2=O)ccc(C(=O)n2cccc2)c1S(C)(=O)=O. The highest BCUT2D eigenvalue weighted by atomic mass is 32.2. The number of nitrogens with zero attached hydrogens (tertiary/aromatic N) is 1. The zero-order valence-electron chi connectivity index (χ0n) is 17.6. The van der Waals surface area contributed by atoms with E-state index in [-0.39, 0.29) is 29.1 Å². The molecule has 0 atom stereocenters. The second kappa shape index (κ2) is 8.18. The van der Waals surface area contributed by atoms with E-state index in [4.69, 9.17) is 14.2 Å². The van der Waals surface area contributed by atoms with Crippen LogP contribution in [0.5, 0.6) is 5.75 Å². The van der Waals surface area contributed by atoms with Gasteiger partial charge in [0, 0.05) is 32.5 Å². The van der Waals surface area contributed by atoms with E-state index in [0.29, 0.717) is 5.56 Å². The molecule has 2 aromatic rings. The number of ether oxygens (including phenoxy) is 3. The van der Waals surface area contributed by atoms with Crippen LogP contribution in [-0.4, -0.2) is 50.0 Å². The molecule has 0 bridgehead atoms. The van der Waals surface area contributed by atoms with Gasteiger partial charge in [-0.2, -0.15) is 0 Å². The highest BCUT2D eigenvalue weighted by Gasteiger charge is 2.43. The molecule has 2 heterocycles. The Labute approximate surface area is 179 Å². The highest BCUT2D eigenvalue weighted by Crippen LogP contribution is 2.34. The van der Waals surface area contributed by atoms with Crippen molar-refractivity contribution in [2.45, 2.75) is 37.4 Å². The lowest BCUT2D eigenvalue weighted by Gasteiger charge is -2.32. The normalized spacial score (nSPS) is 16.5. The van der Waals surface area contributed by atoms with Gasteiger partial charge in [0.2, 0.25) is 0 Å². The summed E-state index contributed by atoms with van der Waals surface area (Å²) in [6, 6.07) is 6.24. The van der Waals surface area contributed by atoms with E-state index in [1.807, 2.05) is 0 Å². The van der Waals surface area contributed by atoms with E-state index >= 15 is 0 Å². The molecule has 31 heavy (non-hydrogen) atoms. The lowest BCUT2D eigenvalue weighted by atomic mass is 9.97. The first-order valence-corrected chi connectivity index (χ1v) is 11.4. The molecule has 1 aromatic carbocycles. The minimum Gasteiger partial charge on any atom is -0.495 e. The van der Waals surface area contributed by atoms with Crippen molar-refractivity contribution in [2.75, 3.05) is 13.4 Å². The number of aryl methyl sites for hydroxylation is 1. The second-order valence-electron chi connectivity index (χ2n) is 7.64. The van der Waals surface area contributed by atoms with Crippen LogP contribution in [0, 0.1) is 5.92 Å². The molecule has 0 radical (unpaired) electrons. The molecule has 0 unspecified atom stereocenters. The van der Waals surface area contributed by atoms with E-state index in [9.17, 15) is 22.8 Å². The largest absolute Gasteiger partial charge is 0.495 e. The van der Waals surface area contributed by atoms with Crippen LogP contribution in [0.4, 0.5) is 0 Å². The maximum absolute atomic E-state index is 12.8. The lowest BCUT2D eigenvalue weighted by molar-refractivity contribution is -0.240. The monoisotopic (exact) mass is 449 g/mol. The van der Waals surface area contributed by atoms with Gasteiger partial charge in [0.25, 0.3) is 11.7 Å². The molecule has 10 heteroatoms. The summed E-state index contributed by atoms with van der Waals surface area (Å²) in [7, 11) is -2.56. The van der Waals surface area contributed by atoms with Gasteiger partial charge in [-0.05, 0) is 36.6 Å². The Hall–Kier alpha value is -3.14. The van der Waals surface area contributed by atoms with Gasteiger partial charge in [0.05, 0.1) is 12.7 Å². The van der Waals surface area contributed by atoms with E-state index in [2.05, 4.69) is 0 Å². The number of aromatic nitrogens is 1. The Morgan fingerprint density at radius 1 is 1.13 bits per heavy atom. The second-order valence-corrected chi connectivity index (χ2v) is 9.59. The summed E-state index contributed by atoms with van der Waals surface area (Å²) in [5, 5.41) is 0. The summed E-state index contributed by atoms with van der Waals surface area (Å²) in [5.41, 5.74) is 0.384. The minimum atomic E-state index is -3.86. The molecule has 166 valence electrons. The zero-order valence-corrected chi connectivity index (χ0v) is 18.4. The molecular formula is C21H23NO8S. The minimum absolute atomic E-state index is 0.00150. The summed E-state index contributed by atoms with van der Waals surface area (Å²) >= 11 is 0. The fourth-order valence-corrected chi connectivity index (χ4v) is 4.56. The van der Waals surface area contributed by atoms with Crippen molar-refractivity contribution in [1.82, 2.24) is 4.57 Å². The van der Waals surface area contributed by atoms with Gasteiger partial charge < -0.3 is 14.2 Å². The number of hydrogen-bond donors (Lipinski definition) is 0. The first kappa shape index (κ1) is 22.5. The van der Waals surface area contributed by atoms with E-state index in [1.165, 1.54) is 44.0 Å². The summed E-state index contributed by atoms with van der Waals surface area (Å²) < 4.78 is 42.0. The lowest BCUT2D eigenvalue weighted by Crippen LogP contribution is -2.46. The van der Waals surface area contributed by atoms with Crippen molar-refractivity contribution >= 4 is 27.7 Å². The molecular weight excluding hydrogens is 426 g/mol. The quantitative estimate of drug-likeness (QED) is 0.485. The maximum atomic E-state index is 12.8. The molecule has 3 rings (SSSR count). The summed E-state index contributed by atoms with van der Waals surface area (Å²) in [4.78, 5) is 37.0. The zero-order chi connectivity index (χ0) is 23.0. The Morgan fingerprint density at radius 2 is 1.71 bits per heavy atom. The molecule has 0 spiro atoms. The Morgan fingerprint density at radius 3 is 2.23 bits per heavy atom. The fraction of sp³-hybridized carbons (Fsp3) is 0.381. The van der Waals surface area contributed by atoms with E-state index in [1.54, 1.807) is 18.2 Å². The molecule has 1 saturated heterocycles. The number of carbonyl (C=O) groups is 3. The number of hydrogen-bond acceptors (Lipinski definition) is 8. The van der Waals surface area contributed by atoms with Gasteiger partial charge in [-0.3, -0.25) is 19.0 Å². The van der Waals surface area contributed by atoms with Crippen molar-refractivity contribution < 1.29 is 37.0 Å². The molecule has 0 N–H and O–H groups in total. The maximum Gasteiger partial charge on any atom is 0.323 e. The van der Waals surface area contributed by atoms with Crippen LogP contribution in [-0.2, 0) is 35.3 Å². The molecule has 1 aromatic heterocycles. The fourth-order valence-electron chi connectivity index (χ4n) is 3.45. The van der Waals surface area contributed by atoms with Crippen LogP contribution in [0.2, 0.25) is 0 Å². The average Bonchev–Trinajstić information content (AvgIpc) is 3.19. The van der Waals surface area contributed by atoms with Gasteiger partial charge in [-0.15, -0.1) is 0 Å². The molecule has 0 aliphatic carbocycles. The summed E-state index contributed by atoms with van der Waals surface area (Å²) in [6.07, 6.45) is 4.16.